The van der Waals surface area contributed by atoms with E-state index in [1.54, 1.807) is 0 Å². The monoisotopic (exact) mass is 351 g/mol. The van der Waals surface area contributed by atoms with Crippen LogP contribution in [0.15, 0.2) is 28.7 Å². The smallest absolute Gasteiger partial charge is 0.0738 e. The molecule has 4 nitrogen and oxygen atoms in total. The van der Waals surface area contributed by atoms with E-state index in [1.165, 1.54) is 5.56 Å². The van der Waals surface area contributed by atoms with Gasteiger partial charge in [-0.25, -0.2) is 0 Å². The molecule has 1 aromatic carbocycles. The second-order valence-electron chi connectivity index (χ2n) is 5.66. The molecule has 0 aliphatic carbocycles. The van der Waals surface area contributed by atoms with Crippen LogP contribution in [-0.4, -0.2) is 28.0 Å². The van der Waals surface area contributed by atoms with Gasteiger partial charge in [0.15, 0.2) is 0 Å². The van der Waals surface area contributed by atoms with Crippen molar-refractivity contribution in [3.8, 4) is 0 Å². The molecular weight excluding hydrogens is 330 g/mol. The normalized spacial score (nSPS) is 14.2. The molecule has 1 heterocycles. The van der Waals surface area contributed by atoms with Gasteiger partial charge < -0.3 is 10.8 Å². The Kier molecular flexibility index (Phi) is 4.86. The quantitative estimate of drug-likeness (QED) is 0.867. The van der Waals surface area contributed by atoms with E-state index in [2.05, 4.69) is 45.3 Å². The first-order valence-electron chi connectivity index (χ1n) is 6.99. The lowest BCUT2D eigenvalue weighted by atomic mass is 9.77. The number of aliphatic hydroxyl groups excluding tert-OH is 1. The summed E-state index contributed by atoms with van der Waals surface area (Å²) in [4.78, 5) is 0. The van der Waals surface area contributed by atoms with Crippen molar-refractivity contribution in [3.05, 3.63) is 51.3 Å². The Morgan fingerprint density at radius 3 is 2.33 bits per heavy atom. The lowest BCUT2D eigenvalue weighted by Gasteiger charge is -2.31. The molecule has 0 radical (unpaired) electrons. The van der Waals surface area contributed by atoms with E-state index in [-0.39, 0.29) is 6.61 Å². The van der Waals surface area contributed by atoms with Crippen molar-refractivity contribution in [2.75, 3.05) is 13.2 Å². The van der Waals surface area contributed by atoms with Crippen molar-refractivity contribution < 1.29 is 5.11 Å². The number of nitrogens with two attached hydrogens (primary N) is 1. The molecule has 0 saturated carbocycles. The van der Waals surface area contributed by atoms with Gasteiger partial charge in [-0.05, 0) is 35.3 Å². The molecule has 3 N–H and O–H groups in total. The highest BCUT2D eigenvalue weighted by Gasteiger charge is 2.33. The van der Waals surface area contributed by atoms with Crippen molar-refractivity contribution in [3.63, 3.8) is 0 Å². The summed E-state index contributed by atoms with van der Waals surface area (Å²) in [5.41, 5.74) is 9.80. The molecule has 114 valence electrons. The van der Waals surface area contributed by atoms with Gasteiger partial charge in [0.1, 0.15) is 0 Å². The van der Waals surface area contributed by atoms with Crippen LogP contribution in [0.2, 0.25) is 0 Å². The topological polar surface area (TPSA) is 64.1 Å². The fourth-order valence-corrected chi connectivity index (χ4v) is 3.08. The zero-order valence-electron chi connectivity index (χ0n) is 12.7. The Morgan fingerprint density at radius 2 is 1.90 bits per heavy atom. The number of hydrogen-bond acceptors (Lipinski definition) is 3. The average molecular weight is 352 g/mol. The van der Waals surface area contributed by atoms with Gasteiger partial charge in [0.2, 0.25) is 0 Å². The Bertz CT molecular complexity index is 615. The molecule has 0 spiro atoms. The third-order valence-electron chi connectivity index (χ3n) is 4.12. The standard InChI is InChI=1S/C16H22BrN3O/c1-11-4-6-13(7-5-11)16(9-18,10-21)8-14-15(17)12(2)19-20(14)3/h4-7,21H,8-10,18H2,1-3H3. The number of hydrogen-bond donors (Lipinski definition) is 2. The zero-order valence-corrected chi connectivity index (χ0v) is 14.3. The van der Waals surface area contributed by atoms with Crippen LogP contribution in [0.1, 0.15) is 22.5 Å². The van der Waals surface area contributed by atoms with Crippen LogP contribution < -0.4 is 5.73 Å². The highest BCUT2D eigenvalue weighted by molar-refractivity contribution is 9.10. The first kappa shape index (κ1) is 16.2. The number of aromatic nitrogens is 2. The first-order chi connectivity index (χ1) is 9.93. The number of aliphatic hydroxyl groups is 1. The molecule has 1 atom stereocenters. The van der Waals surface area contributed by atoms with Crippen LogP contribution >= 0.6 is 15.9 Å². The van der Waals surface area contributed by atoms with Gasteiger partial charge in [-0.1, -0.05) is 29.8 Å². The predicted octanol–water partition coefficient (Wildman–Crippen LogP) is 2.23. The Labute approximate surface area is 134 Å². The maximum Gasteiger partial charge on any atom is 0.0738 e. The molecule has 5 heteroatoms. The molecule has 0 bridgehead atoms. The van der Waals surface area contributed by atoms with Crippen LogP contribution in [0.4, 0.5) is 0 Å². The molecule has 2 aromatic rings. The SMILES string of the molecule is Cc1ccc(C(CN)(CO)Cc2c(Br)c(C)nn2C)cc1. The van der Waals surface area contributed by atoms with E-state index in [4.69, 9.17) is 5.73 Å². The minimum atomic E-state index is -0.490. The van der Waals surface area contributed by atoms with Gasteiger partial charge in [0.05, 0.1) is 22.5 Å². The summed E-state index contributed by atoms with van der Waals surface area (Å²) >= 11 is 3.59. The summed E-state index contributed by atoms with van der Waals surface area (Å²) in [6.07, 6.45) is 0.640. The van der Waals surface area contributed by atoms with Gasteiger partial charge in [-0.3, -0.25) is 4.68 Å². The molecule has 0 amide bonds. The maximum absolute atomic E-state index is 10.0. The zero-order chi connectivity index (χ0) is 15.6. The molecule has 21 heavy (non-hydrogen) atoms. The van der Waals surface area contributed by atoms with Crippen molar-refractivity contribution in [1.29, 1.82) is 0 Å². The summed E-state index contributed by atoms with van der Waals surface area (Å²) in [5.74, 6) is 0. The predicted molar refractivity (Wildman–Crippen MR) is 88.3 cm³/mol. The van der Waals surface area contributed by atoms with E-state index >= 15 is 0 Å². The van der Waals surface area contributed by atoms with Crippen molar-refractivity contribution in [1.82, 2.24) is 9.78 Å². The molecule has 0 fully saturated rings. The second-order valence-corrected chi connectivity index (χ2v) is 6.45. The van der Waals surface area contributed by atoms with Crippen LogP contribution in [-0.2, 0) is 18.9 Å². The summed E-state index contributed by atoms with van der Waals surface area (Å²) in [5, 5.41) is 14.4. The number of aryl methyl sites for hydroxylation is 3. The van der Waals surface area contributed by atoms with Crippen LogP contribution in [0.5, 0.6) is 0 Å². The fraction of sp³-hybridized carbons (Fsp3) is 0.438. The number of benzene rings is 1. The molecule has 2 rings (SSSR count). The second kappa shape index (κ2) is 6.30. The number of rotatable bonds is 5. The molecular formula is C16H22BrN3O. The molecule has 0 saturated heterocycles. The van der Waals surface area contributed by atoms with Crippen LogP contribution in [0, 0.1) is 13.8 Å². The van der Waals surface area contributed by atoms with Crippen LogP contribution in [0.25, 0.3) is 0 Å². The van der Waals surface area contributed by atoms with Gasteiger partial charge in [-0.15, -0.1) is 0 Å². The largest absolute Gasteiger partial charge is 0.395 e. The number of halogens is 1. The highest BCUT2D eigenvalue weighted by Crippen LogP contribution is 2.31. The van der Waals surface area contributed by atoms with Gasteiger partial charge >= 0.3 is 0 Å². The van der Waals surface area contributed by atoms with Gasteiger partial charge in [-0.2, -0.15) is 5.10 Å². The Balaban J connectivity index is 2.45. The summed E-state index contributed by atoms with van der Waals surface area (Å²) in [6.45, 7) is 4.39. The molecule has 0 aliphatic heterocycles. The fourth-order valence-electron chi connectivity index (χ4n) is 2.60. The maximum atomic E-state index is 10.0. The van der Waals surface area contributed by atoms with Crippen molar-refractivity contribution in [2.45, 2.75) is 25.7 Å². The summed E-state index contributed by atoms with van der Waals surface area (Å²) in [7, 11) is 1.92. The molecule has 0 aliphatic rings. The lowest BCUT2D eigenvalue weighted by Crippen LogP contribution is -2.41. The third kappa shape index (κ3) is 3.05. The Morgan fingerprint density at radius 1 is 1.29 bits per heavy atom. The third-order valence-corrected chi connectivity index (χ3v) is 5.16. The number of nitrogens with zero attached hydrogens (tertiary/aromatic N) is 2. The molecule has 1 unspecified atom stereocenters. The lowest BCUT2D eigenvalue weighted by molar-refractivity contribution is 0.194. The highest BCUT2D eigenvalue weighted by atomic mass is 79.9. The van der Waals surface area contributed by atoms with Crippen LogP contribution in [0.3, 0.4) is 0 Å². The van der Waals surface area contributed by atoms with Crippen molar-refractivity contribution >= 4 is 15.9 Å². The van der Waals surface area contributed by atoms with E-state index in [0.29, 0.717) is 13.0 Å². The first-order valence-corrected chi connectivity index (χ1v) is 7.79. The van der Waals surface area contributed by atoms with Gasteiger partial charge in [0, 0.05) is 25.4 Å². The average Bonchev–Trinajstić information content (AvgIpc) is 2.72. The van der Waals surface area contributed by atoms with E-state index in [9.17, 15) is 5.11 Å². The summed E-state index contributed by atoms with van der Waals surface area (Å²) < 4.78 is 2.84. The minimum Gasteiger partial charge on any atom is -0.395 e. The van der Waals surface area contributed by atoms with E-state index < -0.39 is 5.41 Å². The van der Waals surface area contributed by atoms with E-state index in [0.717, 1.165) is 21.4 Å². The molecule has 1 aromatic heterocycles. The Hall–Kier alpha value is -1.17. The van der Waals surface area contributed by atoms with Gasteiger partial charge in [0.25, 0.3) is 0 Å². The minimum absolute atomic E-state index is 0.00320. The van der Waals surface area contributed by atoms with E-state index in [1.807, 2.05) is 25.6 Å². The van der Waals surface area contributed by atoms with Crippen molar-refractivity contribution in [2.24, 2.45) is 12.8 Å². The summed E-state index contributed by atoms with van der Waals surface area (Å²) in [6, 6.07) is 8.21.